The van der Waals surface area contributed by atoms with Crippen LogP contribution in [0.15, 0.2) is 27.9 Å². The van der Waals surface area contributed by atoms with Crippen LogP contribution in [0.4, 0.5) is 9.59 Å². The fourth-order valence-corrected chi connectivity index (χ4v) is 3.70. The lowest BCUT2D eigenvalue weighted by atomic mass is 10.1. The number of nitrogens with zero attached hydrogens (tertiary/aromatic N) is 1. The van der Waals surface area contributed by atoms with Crippen LogP contribution in [0.25, 0.3) is 0 Å². The highest BCUT2D eigenvalue weighted by atomic mass is 31.2. The number of phosphoric acid groups is 1. The predicted octanol–water partition coefficient (Wildman–Crippen LogP) is 2.88. The minimum Gasteiger partial charge on any atom is -0.432 e. The maximum Gasteiger partial charge on any atom is 0.510 e. The van der Waals surface area contributed by atoms with Gasteiger partial charge in [-0.3, -0.25) is 18.9 Å². The third-order valence-corrected chi connectivity index (χ3v) is 5.66. The first kappa shape index (κ1) is 30.3. The molecular formula is C21H31N2O13P. The van der Waals surface area contributed by atoms with Crippen LogP contribution >= 0.6 is 7.82 Å². The average Bonchev–Trinajstić information content (AvgIpc) is 3.16. The summed E-state index contributed by atoms with van der Waals surface area (Å²) in [5.41, 5.74) is -2.15. The largest absolute Gasteiger partial charge is 0.510 e. The minimum absolute atomic E-state index is 0.291. The standard InChI is InChI=1S/C21H31N2O13P/c1-13(2)34-19(26)29-11-32-37(28,33-12-30-20(27)35-14(3)4)31-10-21(6)8-7-16(36-21)23-9-15(5)17(24)22-18(23)25/h7-9,13-14,16H,10-12H2,1-6H3,(H,22,24,25)/t16-,21+/m1/s1. The lowest BCUT2D eigenvalue weighted by Crippen LogP contribution is -2.36. The van der Waals surface area contributed by atoms with Gasteiger partial charge in [-0.25, -0.2) is 28.0 Å². The highest BCUT2D eigenvalue weighted by Gasteiger charge is 2.38. The van der Waals surface area contributed by atoms with E-state index in [9.17, 15) is 23.7 Å². The van der Waals surface area contributed by atoms with Crippen LogP contribution in [-0.2, 0) is 41.8 Å². The van der Waals surface area contributed by atoms with E-state index in [0.29, 0.717) is 5.56 Å². The van der Waals surface area contributed by atoms with E-state index in [1.807, 2.05) is 0 Å². The molecule has 0 saturated carbocycles. The van der Waals surface area contributed by atoms with Gasteiger partial charge in [-0.2, -0.15) is 0 Å². The number of carbonyl (C=O) groups excluding carboxylic acids is 2. The van der Waals surface area contributed by atoms with Crippen LogP contribution in [0.2, 0.25) is 0 Å². The van der Waals surface area contributed by atoms with Gasteiger partial charge in [0.2, 0.25) is 13.6 Å². The van der Waals surface area contributed by atoms with Gasteiger partial charge >= 0.3 is 25.8 Å². The zero-order valence-electron chi connectivity index (χ0n) is 21.3. The summed E-state index contributed by atoms with van der Waals surface area (Å²) in [7, 11) is -4.51. The summed E-state index contributed by atoms with van der Waals surface area (Å²) in [5.74, 6) is 0. The van der Waals surface area contributed by atoms with Crippen LogP contribution in [0.5, 0.6) is 0 Å². The van der Waals surface area contributed by atoms with E-state index in [0.717, 1.165) is 4.57 Å². The summed E-state index contributed by atoms with van der Waals surface area (Å²) in [5, 5.41) is 0. The molecule has 0 unspecified atom stereocenters. The molecule has 208 valence electrons. The number of nitrogens with one attached hydrogen (secondary N) is 1. The summed E-state index contributed by atoms with van der Waals surface area (Å²) >= 11 is 0. The van der Waals surface area contributed by atoms with Gasteiger partial charge in [0.15, 0.2) is 6.23 Å². The molecule has 1 aromatic rings. The molecule has 0 aliphatic carbocycles. The van der Waals surface area contributed by atoms with Crippen LogP contribution in [-0.4, -0.2) is 59.9 Å². The van der Waals surface area contributed by atoms with E-state index >= 15 is 0 Å². The molecule has 2 rings (SSSR count). The molecule has 1 aromatic heterocycles. The molecule has 0 amide bonds. The van der Waals surface area contributed by atoms with Gasteiger partial charge in [0.25, 0.3) is 5.56 Å². The fourth-order valence-electron chi connectivity index (χ4n) is 2.70. The SMILES string of the molecule is Cc1cn([C@H]2C=C[C@@](C)(COP(=O)(OCOC(=O)OC(C)C)OCOC(=O)OC(C)C)O2)c(=O)[nH]c1=O. The number of aryl methyl sites for hydroxylation is 1. The fraction of sp³-hybridized carbons (Fsp3) is 0.619. The second-order valence-corrected chi connectivity index (χ2v) is 10.2. The summed E-state index contributed by atoms with van der Waals surface area (Å²) < 4.78 is 54.3. The number of hydrogen-bond acceptors (Lipinski definition) is 13. The number of carbonyl (C=O) groups is 2. The molecule has 1 aliphatic rings. The quantitative estimate of drug-likeness (QED) is 0.174. The van der Waals surface area contributed by atoms with Crippen molar-refractivity contribution in [1.82, 2.24) is 9.55 Å². The van der Waals surface area contributed by atoms with Crippen LogP contribution in [0, 0.1) is 6.92 Å². The summed E-state index contributed by atoms with van der Waals surface area (Å²) in [6, 6.07) is 0. The lowest BCUT2D eigenvalue weighted by molar-refractivity contribution is -0.0849. The number of hydrogen-bond donors (Lipinski definition) is 1. The van der Waals surface area contributed by atoms with Crippen molar-refractivity contribution in [2.45, 2.75) is 65.6 Å². The molecule has 0 aromatic carbocycles. The Morgan fingerprint density at radius 1 is 1.05 bits per heavy atom. The number of rotatable bonds is 12. The van der Waals surface area contributed by atoms with E-state index < -0.39 is 75.6 Å². The van der Waals surface area contributed by atoms with Crippen molar-refractivity contribution >= 4 is 20.1 Å². The van der Waals surface area contributed by atoms with Gasteiger partial charge in [-0.1, -0.05) is 6.08 Å². The molecule has 0 bridgehead atoms. The summed E-state index contributed by atoms with van der Waals surface area (Å²) in [4.78, 5) is 49.1. The van der Waals surface area contributed by atoms with Crippen molar-refractivity contribution in [3.05, 3.63) is 44.8 Å². The Hall–Kier alpha value is -2.97. The number of aromatic nitrogens is 2. The van der Waals surface area contributed by atoms with Crippen molar-refractivity contribution in [2.24, 2.45) is 0 Å². The van der Waals surface area contributed by atoms with Crippen molar-refractivity contribution in [1.29, 1.82) is 0 Å². The molecule has 1 N–H and O–H groups in total. The Kier molecular flexibility index (Phi) is 10.6. The third-order valence-electron chi connectivity index (χ3n) is 4.37. The number of H-pyrrole nitrogens is 1. The molecular weight excluding hydrogens is 519 g/mol. The number of ether oxygens (including phenoxy) is 5. The highest BCUT2D eigenvalue weighted by molar-refractivity contribution is 7.48. The van der Waals surface area contributed by atoms with Crippen molar-refractivity contribution in [3.8, 4) is 0 Å². The molecule has 15 nitrogen and oxygen atoms in total. The topological polar surface area (TPSA) is 180 Å². The van der Waals surface area contributed by atoms with Crippen molar-refractivity contribution < 1.29 is 51.4 Å². The van der Waals surface area contributed by atoms with Gasteiger partial charge in [-0.05, 0) is 47.6 Å². The number of phosphoric ester groups is 1. The zero-order chi connectivity index (χ0) is 27.8. The van der Waals surface area contributed by atoms with E-state index in [4.69, 9.17) is 27.8 Å². The zero-order valence-corrected chi connectivity index (χ0v) is 22.2. The molecule has 0 spiro atoms. The smallest absolute Gasteiger partial charge is 0.432 e. The Bertz CT molecular complexity index is 1110. The Morgan fingerprint density at radius 3 is 2.11 bits per heavy atom. The van der Waals surface area contributed by atoms with Gasteiger partial charge in [0.1, 0.15) is 5.60 Å². The maximum atomic E-state index is 13.1. The molecule has 0 fully saturated rings. The molecule has 0 saturated heterocycles. The number of aromatic amines is 1. The molecule has 16 heteroatoms. The molecule has 37 heavy (non-hydrogen) atoms. The molecule has 2 atom stereocenters. The molecule has 1 aliphatic heterocycles. The minimum atomic E-state index is -4.51. The first-order valence-electron chi connectivity index (χ1n) is 11.1. The van der Waals surface area contributed by atoms with E-state index in [2.05, 4.69) is 14.5 Å². The predicted molar refractivity (Wildman–Crippen MR) is 125 cm³/mol. The Morgan fingerprint density at radius 2 is 1.59 bits per heavy atom. The van der Waals surface area contributed by atoms with Gasteiger partial charge < -0.3 is 23.7 Å². The van der Waals surface area contributed by atoms with Crippen LogP contribution in [0.1, 0.15) is 46.4 Å². The van der Waals surface area contributed by atoms with Crippen molar-refractivity contribution in [3.63, 3.8) is 0 Å². The monoisotopic (exact) mass is 550 g/mol. The summed E-state index contributed by atoms with van der Waals surface area (Å²) in [6.07, 6.45) is 0.402. The second-order valence-electron chi connectivity index (χ2n) is 8.50. The second kappa shape index (κ2) is 13.0. The van der Waals surface area contributed by atoms with Crippen molar-refractivity contribution in [2.75, 3.05) is 20.2 Å². The average molecular weight is 550 g/mol. The molecule has 0 radical (unpaired) electrons. The maximum absolute atomic E-state index is 13.1. The van der Waals surface area contributed by atoms with E-state index in [-0.39, 0.29) is 0 Å². The van der Waals surface area contributed by atoms with E-state index in [1.165, 1.54) is 19.2 Å². The summed E-state index contributed by atoms with van der Waals surface area (Å²) in [6.45, 7) is 7.29. The van der Waals surface area contributed by atoms with Crippen LogP contribution < -0.4 is 11.2 Å². The molecule has 2 heterocycles. The van der Waals surface area contributed by atoms with Crippen LogP contribution in [0.3, 0.4) is 0 Å². The normalized spacial score (nSPS) is 19.3. The first-order valence-corrected chi connectivity index (χ1v) is 12.6. The Balaban J connectivity index is 2.03. The first-order chi connectivity index (χ1) is 17.2. The van der Waals surface area contributed by atoms with E-state index in [1.54, 1.807) is 40.7 Å². The van der Waals surface area contributed by atoms with Gasteiger partial charge in [0.05, 0.1) is 18.8 Å². The third kappa shape index (κ3) is 9.78. The lowest BCUT2D eigenvalue weighted by Gasteiger charge is -2.27. The Labute approximate surface area is 212 Å². The highest BCUT2D eigenvalue weighted by Crippen LogP contribution is 2.50. The van der Waals surface area contributed by atoms with Gasteiger partial charge in [0, 0.05) is 11.8 Å². The van der Waals surface area contributed by atoms with Gasteiger partial charge in [-0.15, -0.1) is 0 Å².